The number of H-pyrrole nitrogens is 1. The lowest BCUT2D eigenvalue weighted by Crippen LogP contribution is -2.37. The van der Waals surface area contributed by atoms with Crippen molar-refractivity contribution in [2.75, 3.05) is 31.8 Å². The number of hydrogen-bond acceptors (Lipinski definition) is 17. The van der Waals surface area contributed by atoms with Gasteiger partial charge in [-0.2, -0.15) is 4.98 Å². The fraction of sp³-hybridized carbons (Fsp3) is 0.524. The molecule has 0 amide bonds. The third kappa shape index (κ3) is 5.44. The summed E-state index contributed by atoms with van der Waals surface area (Å²) in [6, 6.07) is 0. The molecular weight excluding hydrogens is 655 g/mol. The van der Waals surface area contributed by atoms with E-state index >= 15 is 4.39 Å². The third-order valence-electron chi connectivity index (χ3n) is 7.78. The zero-order chi connectivity index (χ0) is 32.5. The summed E-state index contributed by atoms with van der Waals surface area (Å²) in [7, 11) is -4.33. The van der Waals surface area contributed by atoms with Crippen molar-refractivity contribution in [3.63, 3.8) is 0 Å². The van der Waals surface area contributed by atoms with Gasteiger partial charge >= 0.3 is 0 Å². The minimum atomic E-state index is -4.04. The van der Waals surface area contributed by atoms with Gasteiger partial charge in [0.15, 0.2) is 41.3 Å². The summed E-state index contributed by atoms with van der Waals surface area (Å²) in [4.78, 5) is 35.2. The molecule has 3 saturated heterocycles. The van der Waals surface area contributed by atoms with Crippen LogP contribution in [0.2, 0.25) is 0 Å². The molecule has 0 aliphatic carbocycles. The maximum atomic E-state index is 16.1. The van der Waals surface area contributed by atoms with Gasteiger partial charge in [-0.25, -0.2) is 24.3 Å². The summed E-state index contributed by atoms with van der Waals surface area (Å²) < 4.78 is 87.2. The molecule has 2 bridgehead atoms. The quantitative estimate of drug-likeness (QED) is 0.165. The van der Waals surface area contributed by atoms with E-state index in [0.717, 1.165) is 0 Å². The molecule has 46 heavy (non-hydrogen) atoms. The van der Waals surface area contributed by atoms with Crippen LogP contribution in [-0.4, -0.2) is 111 Å². The molecule has 20 nitrogen and oxygen atoms in total. The smallest absolute Gasteiger partial charge is 0.280 e. The lowest BCUT2D eigenvalue weighted by atomic mass is 10.1. The molecule has 3 aliphatic heterocycles. The first-order valence-electron chi connectivity index (χ1n) is 13.8. The Balaban J connectivity index is 1.22. The van der Waals surface area contributed by atoms with Crippen LogP contribution in [-0.2, 0) is 41.4 Å². The molecule has 0 radical (unpaired) electrons. The van der Waals surface area contributed by atoms with E-state index in [1.807, 2.05) is 0 Å². The molecule has 8 unspecified atom stereocenters. The van der Waals surface area contributed by atoms with Crippen molar-refractivity contribution in [2.24, 2.45) is 0 Å². The zero-order valence-electron chi connectivity index (χ0n) is 24.4. The van der Waals surface area contributed by atoms with Crippen LogP contribution < -0.4 is 17.0 Å². The first-order chi connectivity index (χ1) is 21.9. The van der Waals surface area contributed by atoms with Crippen molar-refractivity contribution < 1.29 is 45.8 Å². The predicted molar refractivity (Wildman–Crippen MR) is 160 cm³/mol. The number of aromatic amines is 1. The lowest BCUT2D eigenvalue weighted by Gasteiger charge is -2.28. The van der Waals surface area contributed by atoms with Gasteiger partial charge in [0.25, 0.3) is 35.6 Å². The molecule has 7 rings (SSSR count). The molecular formula is C21H27B2FN10O10P2. The van der Waals surface area contributed by atoms with E-state index in [0.29, 0.717) is 0 Å². The molecule has 0 aromatic carbocycles. The molecule has 3 aliphatic rings. The van der Waals surface area contributed by atoms with Crippen molar-refractivity contribution in [1.82, 2.24) is 39.0 Å². The van der Waals surface area contributed by atoms with Crippen LogP contribution in [0.1, 0.15) is 12.5 Å². The van der Waals surface area contributed by atoms with Crippen LogP contribution >= 0.6 is 14.9 Å². The van der Waals surface area contributed by atoms with Gasteiger partial charge in [0, 0.05) is 7.11 Å². The third-order valence-corrected chi connectivity index (χ3v) is 10.3. The van der Waals surface area contributed by atoms with Crippen molar-refractivity contribution in [2.45, 2.75) is 49.1 Å². The molecule has 244 valence electrons. The average Bonchev–Trinajstić information content (AvgIpc) is 3.75. The molecule has 4 aromatic heterocycles. The van der Waals surface area contributed by atoms with E-state index in [4.69, 9.17) is 43.8 Å². The number of nitrogens with zero attached hydrogens (tertiary/aromatic N) is 7. The van der Waals surface area contributed by atoms with E-state index in [2.05, 4.69) is 29.9 Å². The second-order valence-electron chi connectivity index (χ2n) is 10.9. The van der Waals surface area contributed by atoms with Crippen molar-refractivity contribution in [3.05, 3.63) is 29.3 Å². The number of methoxy groups -OCH3 is 1. The number of halogens is 1. The van der Waals surface area contributed by atoms with E-state index < -0.39 is 76.3 Å². The Labute approximate surface area is 259 Å². The average molecular weight is 682 g/mol. The van der Waals surface area contributed by atoms with E-state index in [1.54, 1.807) is 0 Å². The Kier molecular flexibility index (Phi) is 7.81. The largest absolute Gasteiger partial charge is 0.382 e. The number of alkyl halides is 1. The van der Waals surface area contributed by atoms with Crippen molar-refractivity contribution in [3.8, 4) is 0 Å². The number of ether oxygens (including phenoxy) is 3. The normalized spacial score (nSPS) is 37.1. The highest BCUT2D eigenvalue weighted by Gasteiger charge is 2.53. The first kappa shape index (κ1) is 31.3. The first-order valence-corrected chi connectivity index (χ1v) is 17.8. The van der Waals surface area contributed by atoms with Gasteiger partial charge in [0.05, 0.1) is 25.9 Å². The number of rotatable bonds is 3. The number of imidazole rings is 2. The Morgan fingerprint density at radius 2 is 1.57 bits per heavy atom. The molecule has 4 aromatic rings. The highest BCUT2D eigenvalue weighted by molar-refractivity contribution is 7.79. The zero-order valence-corrected chi connectivity index (χ0v) is 26.2. The van der Waals surface area contributed by atoms with Gasteiger partial charge in [0.1, 0.15) is 42.4 Å². The number of anilines is 2. The Morgan fingerprint density at radius 1 is 0.935 bits per heavy atom. The van der Waals surface area contributed by atoms with Crippen LogP contribution in [0.15, 0.2) is 23.8 Å². The Hall–Kier alpha value is -3.26. The second kappa shape index (κ2) is 11.5. The summed E-state index contributed by atoms with van der Waals surface area (Å²) in [5.74, 6) is -0.0992. The lowest BCUT2D eigenvalue weighted by molar-refractivity contribution is -0.0578. The predicted octanol–water partition coefficient (Wildman–Crippen LogP) is -1.43. The van der Waals surface area contributed by atoms with Crippen molar-refractivity contribution in [1.29, 1.82) is 0 Å². The maximum Gasteiger partial charge on any atom is 0.280 e. The van der Waals surface area contributed by atoms with Crippen LogP contribution in [0.3, 0.4) is 0 Å². The van der Waals surface area contributed by atoms with Gasteiger partial charge in [-0.15, -0.1) is 0 Å². The number of nitrogen functional groups attached to an aromatic ring is 2. The van der Waals surface area contributed by atoms with Gasteiger partial charge in [-0.3, -0.25) is 28.0 Å². The number of fused-ring (bicyclic) bond motifs is 5. The second-order valence-corrected chi connectivity index (χ2v) is 14.9. The fourth-order valence-corrected chi connectivity index (χ4v) is 8.07. The minimum absolute atomic E-state index is 0.0402. The molecule has 7 heterocycles. The molecule has 3 fully saturated rings. The highest BCUT2D eigenvalue weighted by atomic mass is 31.2. The van der Waals surface area contributed by atoms with E-state index in [1.165, 1.54) is 50.4 Å². The number of nitrogens with two attached hydrogens (primary N) is 2. The number of hydrogen-bond donors (Lipinski definition) is 3. The van der Waals surface area contributed by atoms with E-state index in [-0.39, 0.29) is 40.7 Å². The van der Waals surface area contributed by atoms with Crippen LogP contribution in [0.4, 0.5) is 16.2 Å². The maximum absolute atomic E-state index is 16.1. The monoisotopic (exact) mass is 682 g/mol. The summed E-state index contributed by atoms with van der Waals surface area (Å²) >= 11 is 0. The van der Waals surface area contributed by atoms with Crippen LogP contribution in [0, 0.1) is 0 Å². The Morgan fingerprint density at radius 3 is 2.28 bits per heavy atom. The summed E-state index contributed by atoms with van der Waals surface area (Å²) in [5.41, 5.74) is 11.5. The minimum Gasteiger partial charge on any atom is -0.382 e. The van der Waals surface area contributed by atoms with Gasteiger partial charge in [-0.05, 0) is 0 Å². The topological polar surface area (TPSA) is 258 Å². The summed E-state index contributed by atoms with van der Waals surface area (Å²) in [6.07, 6.45) is -6.61. The van der Waals surface area contributed by atoms with Gasteiger partial charge in [-0.1, -0.05) is 0 Å². The van der Waals surface area contributed by atoms with Gasteiger partial charge < -0.3 is 43.8 Å². The van der Waals surface area contributed by atoms with Crippen LogP contribution in [0.25, 0.3) is 22.3 Å². The molecule has 25 heteroatoms. The molecule has 5 N–H and O–H groups in total. The van der Waals surface area contributed by atoms with Crippen molar-refractivity contribution >= 4 is 64.2 Å². The standard InChI is InChI=1S/C21H27B2FN10O10P2/c1-38-13-8-3-40-45(22,36)43-12-7(41-19(9(12)24)33-5-29-10-15(25)27-4-28-16(10)33)2-39-46(23,37)44-14(13)20(42-8)34-6-30-11-17(34)31-21(26)32-18(11)35/h4-9,12-14,19-20H,2-3,22-23H2,1H3,(H2,25,27,28)(H3,26,31,32,35)/t7?,8?,9?,12?,13?,14?,19?,20?,45-,46-/m0/s1. The molecule has 0 spiro atoms. The summed E-state index contributed by atoms with van der Waals surface area (Å²) in [6.45, 7) is -0.902. The number of aromatic nitrogens is 8. The Bertz CT molecular complexity index is 1970. The highest BCUT2D eigenvalue weighted by Crippen LogP contribution is 2.54. The molecule has 0 saturated carbocycles. The fourth-order valence-electron chi connectivity index (χ4n) is 5.75. The van der Waals surface area contributed by atoms with E-state index in [9.17, 15) is 13.9 Å². The van der Waals surface area contributed by atoms with Gasteiger partial charge in [0.2, 0.25) is 5.95 Å². The number of nitrogens with one attached hydrogen (secondary N) is 1. The SMILES string of the molecule is B[P@]1(=O)OCC2OC(n3cnc4c(=O)[nH]c(N)nc43)C(O[P@@](B)(=O)OCC3OC(n4cnc5c(N)ncnc54)C(F)C3O1)C2OC. The summed E-state index contributed by atoms with van der Waals surface area (Å²) in [5, 5.41) is 0. The van der Waals surface area contributed by atoms with Crippen LogP contribution in [0.5, 0.6) is 0 Å². The molecule has 10 atom stereocenters.